The lowest BCUT2D eigenvalue weighted by molar-refractivity contribution is 0.252. The van der Waals surface area contributed by atoms with E-state index >= 15 is 0 Å². The van der Waals surface area contributed by atoms with Crippen molar-refractivity contribution in [2.45, 2.75) is 19.5 Å². The van der Waals surface area contributed by atoms with Gasteiger partial charge < -0.3 is 4.57 Å². The molecule has 1 atom stereocenters. The lowest BCUT2D eigenvalue weighted by Crippen LogP contribution is -2.37. The Morgan fingerprint density at radius 3 is 2.47 bits per heavy atom. The Kier molecular flexibility index (Phi) is 5.08. The summed E-state index contributed by atoms with van der Waals surface area (Å²) in [5, 5.41) is 4.14. The molecule has 4 aromatic rings. The highest BCUT2D eigenvalue weighted by Gasteiger charge is 2.16. The van der Waals surface area contributed by atoms with Crippen molar-refractivity contribution in [3.05, 3.63) is 69.6 Å². The van der Waals surface area contributed by atoms with Crippen molar-refractivity contribution >= 4 is 11.2 Å². The average molecular weight is 408 g/mol. The number of fused-ring (bicyclic) bond motifs is 1. The maximum Gasteiger partial charge on any atom is 0.332 e. The van der Waals surface area contributed by atoms with Crippen LogP contribution in [0.2, 0.25) is 0 Å². The van der Waals surface area contributed by atoms with E-state index in [1.165, 1.54) is 23.5 Å². The molecule has 0 N–H and O–H groups in total. The van der Waals surface area contributed by atoms with Gasteiger partial charge in [-0.05, 0) is 31.7 Å². The summed E-state index contributed by atoms with van der Waals surface area (Å²) >= 11 is 0. The zero-order valence-corrected chi connectivity index (χ0v) is 17.4. The Balaban J connectivity index is 1.50. The molecule has 3 aromatic heterocycles. The molecule has 0 aliphatic heterocycles. The van der Waals surface area contributed by atoms with Crippen LogP contribution < -0.4 is 11.2 Å². The second kappa shape index (κ2) is 7.71. The normalized spacial score (nSPS) is 12.7. The first kappa shape index (κ1) is 19.8. The number of imidazole rings is 1. The second-order valence-electron chi connectivity index (χ2n) is 7.40. The van der Waals surface area contributed by atoms with Crippen LogP contribution in [0.4, 0.5) is 0 Å². The van der Waals surface area contributed by atoms with Crippen LogP contribution in [-0.4, -0.2) is 51.9 Å². The first-order valence-electron chi connectivity index (χ1n) is 9.64. The van der Waals surface area contributed by atoms with E-state index in [1.54, 1.807) is 24.4 Å². The first-order valence-corrected chi connectivity index (χ1v) is 9.64. The Bertz CT molecular complexity index is 1280. The SMILES string of the molecule is CC(c1ccc(-n2cncn2)cc1)N(C)CCn1cnc2c1c(=O)n(C)c(=O)n2C. The molecule has 0 amide bonds. The van der Waals surface area contributed by atoms with Gasteiger partial charge in [0.25, 0.3) is 5.56 Å². The predicted molar refractivity (Wildman–Crippen MR) is 113 cm³/mol. The van der Waals surface area contributed by atoms with Crippen LogP contribution in [0.3, 0.4) is 0 Å². The fourth-order valence-electron chi connectivity index (χ4n) is 3.53. The first-order chi connectivity index (χ1) is 14.4. The Morgan fingerprint density at radius 2 is 1.80 bits per heavy atom. The van der Waals surface area contributed by atoms with E-state index in [2.05, 4.69) is 39.0 Å². The smallest absolute Gasteiger partial charge is 0.323 e. The highest BCUT2D eigenvalue weighted by atomic mass is 16.2. The minimum absolute atomic E-state index is 0.178. The van der Waals surface area contributed by atoms with Crippen molar-refractivity contribution in [1.29, 1.82) is 0 Å². The van der Waals surface area contributed by atoms with Crippen molar-refractivity contribution < 1.29 is 0 Å². The molecule has 3 heterocycles. The predicted octanol–water partition coefficient (Wildman–Crippen LogP) is 0.707. The number of benzene rings is 1. The van der Waals surface area contributed by atoms with Crippen LogP contribution in [0.25, 0.3) is 16.9 Å². The number of nitrogens with zero attached hydrogens (tertiary/aromatic N) is 8. The number of aryl methyl sites for hydroxylation is 1. The zero-order chi connectivity index (χ0) is 21.4. The summed E-state index contributed by atoms with van der Waals surface area (Å²) in [4.78, 5) is 35.1. The number of likely N-dealkylation sites (N-methyl/N-ethyl adjacent to an activating group) is 1. The van der Waals surface area contributed by atoms with E-state index in [4.69, 9.17) is 0 Å². The number of aromatic nitrogens is 7. The molecule has 0 fully saturated rings. The van der Waals surface area contributed by atoms with Gasteiger partial charge in [-0.1, -0.05) is 12.1 Å². The van der Waals surface area contributed by atoms with Gasteiger partial charge in [-0.3, -0.25) is 18.8 Å². The van der Waals surface area contributed by atoms with Gasteiger partial charge in [0, 0.05) is 33.2 Å². The van der Waals surface area contributed by atoms with Crippen LogP contribution in [0.1, 0.15) is 18.5 Å². The van der Waals surface area contributed by atoms with Gasteiger partial charge in [-0.15, -0.1) is 0 Å². The van der Waals surface area contributed by atoms with Crippen molar-refractivity contribution in [1.82, 2.24) is 38.3 Å². The third-order valence-electron chi connectivity index (χ3n) is 5.63. The fraction of sp³-hybridized carbons (Fsp3) is 0.350. The molecule has 30 heavy (non-hydrogen) atoms. The minimum atomic E-state index is -0.377. The molecule has 1 unspecified atom stereocenters. The monoisotopic (exact) mass is 408 g/mol. The topological polar surface area (TPSA) is 95.8 Å². The summed E-state index contributed by atoms with van der Waals surface area (Å²) in [5.74, 6) is 0. The quantitative estimate of drug-likeness (QED) is 0.466. The van der Waals surface area contributed by atoms with E-state index in [9.17, 15) is 9.59 Å². The fourth-order valence-corrected chi connectivity index (χ4v) is 3.53. The van der Waals surface area contributed by atoms with Gasteiger partial charge >= 0.3 is 5.69 Å². The molecule has 0 bridgehead atoms. The van der Waals surface area contributed by atoms with Crippen LogP contribution in [0.15, 0.2) is 52.8 Å². The van der Waals surface area contributed by atoms with E-state index in [0.717, 1.165) is 10.3 Å². The van der Waals surface area contributed by atoms with E-state index < -0.39 is 0 Å². The van der Waals surface area contributed by atoms with Gasteiger partial charge in [0.1, 0.15) is 12.7 Å². The highest BCUT2D eigenvalue weighted by Crippen LogP contribution is 2.20. The molecular weight excluding hydrogens is 384 g/mol. The molecule has 0 spiro atoms. The number of hydrogen-bond donors (Lipinski definition) is 0. The molecule has 0 saturated carbocycles. The number of rotatable bonds is 6. The zero-order valence-electron chi connectivity index (χ0n) is 17.4. The Labute approximate surface area is 172 Å². The van der Waals surface area contributed by atoms with Crippen molar-refractivity contribution in [3.63, 3.8) is 0 Å². The van der Waals surface area contributed by atoms with Crippen molar-refractivity contribution in [3.8, 4) is 5.69 Å². The Hall–Kier alpha value is -3.53. The van der Waals surface area contributed by atoms with Gasteiger partial charge in [-0.2, -0.15) is 5.10 Å². The molecular formula is C20H24N8O2. The third kappa shape index (κ3) is 3.35. The van der Waals surface area contributed by atoms with Gasteiger partial charge in [-0.25, -0.2) is 19.4 Å². The molecule has 4 rings (SSSR count). The van der Waals surface area contributed by atoms with Gasteiger partial charge in [0.15, 0.2) is 11.2 Å². The van der Waals surface area contributed by atoms with Gasteiger partial charge in [0.05, 0.1) is 12.0 Å². The van der Waals surface area contributed by atoms with Gasteiger partial charge in [0.2, 0.25) is 0 Å². The summed E-state index contributed by atoms with van der Waals surface area (Å²) in [6, 6.07) is 8.37. The summed E-state index contributed by atoms with van der Waals surface area (Å²) in [6.45, 7) is 3.44. The van der Waals surface area contributed by atoms with Crippen LogP contribution in [0.5, 0.6) is 0 Å². The molecule has 0 saturated heterocycles. The maximum absolute atomic E-state index is 12.6. The van der Waals surface area contributed by atoms with E-state index in [0.29, 0.717) is 24.3 Å². The maximum atomic E-state index is 12.6. The largest absolute Gasteiger partial charge is 0.332 e. The summed E-state index contributed by atoms with van der Waals surface area (Å²) in [6.07, 6.45) is 4.80. The Morgan fingerprint density at radius 1 is 1.07 bits per heavy atom. The van der Waals surface area contributed by atoms with Crippen molar-refractivity contribution in [2.75, 3.05) is 13.6 Å². The number of hydrogen-bond acceptors (Lipinski definition) is 6. The second-order valence-corrected chi connectivity index (χ2v) is 7.40. The van der Waals surface area contributed by atoms with Crippen LogP contribution >= 0.6 is 0 Å². The standard InChI is InChI=1S/C20H24N8O2/c1-14(15-5-7-16(8-6-15)28-12-21-11-23-28)24(2)9-10-27-13-22-18-17(27)19(29)26(4)20(30)25(18)3/h5-8,11-14H,9-10H2,1-4H3. The highest BCUT2D eigenvalue weighted by molar-refractivity contribution is 5.69. The molecule has 1 aromatic carbocycles. The van der Waals surface area contributed by atoms with Crippen LogP contribution in [0, 0.1) is 0 Å². The lowest BCUT2D eigenvalue weighted by atomic mass is 10.1. The minimum Gasteiger partial charge on any atom is -0.323 e. The molecule has 10 heteroatoms. The third-order valence-corrected chi connectivity index (χ3v) is 5.63. The summed E-state index contributed by atoms with van der Waals surface area (Å²) < 4.78 is 6.05. The molecule has 10 nitrogen and oxygen atoms in total. The van der Waals surface area contributed by atoms with E-state index in [1.807, 2.05) is 23.7 Å². The van der Waals surface area contributed by atoms with E-state index in [-0.39, 0.29) is 17.3 Å². The average Bonchev–Trinajstić information content (AvgIpc) is 3.44. The van der Waals surface area contributed by atoms with Crippen molar-refractivity contribution in [2.24, 2.45) is 14.1 Å². The van der Waals surface area contributed by atoms with Crippen LogP contribution in [-0.2, 0) is 20.6 Å². The molecule has 0 aliphatic carbocycles. The molecule has 0 aliphatic rings. The summed E-state index contributed by atoms with van der Waals surface area (Å²) in [5.41, 5.74) is 2.27. The molecule has 156 valence electrons. The summed E-state index contributed by atoms with van der Waals surface area (Å²) in [7, 11) is 5.15. The lowest BCUT2D eigenvalue weighted by Gasteiger charge is -2.25. The molecule has 0 radical (unpaired) electrons.